The van der Waals surface area contributed by atoms with Crippen LogP contribution in [0.4, 0.5) is 5.69 Å². The van der Waals surface area contributed by atoms with Gasteiger partial charge in [0.05, 0.1) is 18.3 Å². The summed E-state index contributed by atoms with van der Waals surface area (Å²) >= 11 is 1.40. The Morgan fingerprint density at radius 2 is 2.18 bits per heavy atom. The fourth-order valence-corrected chi connectivity index (χ4v) is 4.36. The topological polar surface area (TPSA) is 71.5 Å². The predicted molar refractivity (Wildman–Crippen MR) is 111 cm³/mol. The quantitative estimate of drug-likeness (QED) is 0.793. The summed E-state index contributed by atoms with van der Waals surface area (Å²) in [5, 5.41) is 2.98. The minimum absolute atomic E-state index is 0.00928. The van der Waals surface area contributed by atoms with Crippen molar-refractivity contribution in [3.63, 3.8) is 0 Å². The van der Waals surface area contributed by atoms with Crippen molar-refractivity contribution in [3.05, 3.63) is 39.8 Å². The Hall–Kier alpha value is -2.41. The smallest absolute Gasteiger partial charge is 0.265 e. The molecule has 1 aliphatic heterocycles. The van der Waals surface area contributed by atoms with Gasteiger partial charge >= 0.3 is 0 Å². The second-order valence-electron chi connectivity index (χ2n) is 7.29. The second kappa shape index (κ2) is 9.19. The van der Waals surface area contributed by atoms with E-state index >= 15 is 0 Å². The molecule has 0 bridgehead atoms. The number of methoxy groups -OCH3 is 1. The number of likely N-dealkylation sites (tertiary alicyclic amines) is 1. The van der Waals surface area contributed by atoms with Gasteiger partial charge in [-0.15, -0.1) is 11.3 Å². The summed E-state index contributed by atoms with van der Waals surface area (Å²) < 4.78 is 5.20. The van der Waals surface area contributed by atoms with Gasteiger partial charge in [0.15, 0.2) is 0 Å². The molecule has 2 amide bonds. The zero-order chi connectivity index (χ0) is 20.1. The van der Waals surface area contributed by atoms with E-state index in [1.165, 1.54) is 11.3 Å². The van der Waals surface area contributed by atoms with Crippen molar-refractivity contribution in [1.29, 1.82) is 0 Å². The number of carbonyl (C=O) groups excluding carboxylic acids is 2. The molecule has 1 aromatic heterocycles. The number of hydrogen-bond acceptors (Lipinski definition) is 5. The largest absolute Gasteiger partial charge is 0.497 e. The maximum Gasteiger partial charge on any atom is 0.265 e. The Balaban J connectivity index is 1.51. The third kappa shape index (κ3) is 4.90. The van der Waals surface area contributed by atoms with Crippen molar-refractivity contribution >= 4 is 28.8 Å². The zero-order valence-corrected chi connectivity index (χ0v) is 17.5. The van der Waals surface area contributed by atoms with E-state index in [0.717, 1.165) is 53.4 Å². The first-order chi connectivity index (χ1) is 13.5. The molecule has 2 heterocycles. The molecule has 0 radical (unpaired) electrons. The highest BCUT2D eigenvalue weighted by molar-refractivity contribution is 7.11. The van der Waals surface area contributed by atoms with Gasteiger partial charge in [0.25, 0.3) is 5.91 Å². The molecule has 0 spiro atoms. The van der Waals surface area contributed by atoms with Crippen LogP contribution in [0.3, 0.4) is 0 Å². The first-order valence-electron chi connectivity index (χ1n) is 9.61. The summed E-state index contributed by atoms with van der Waals surface area (Å²) in [4.78, 5) is 31.9. The van der Waals surface area contributed by atoms with Crippen LogP contribution in [-0.4, -0.2) is 41.9 Å². The number of piperidine rings is 1. The highest BCUT2D eigenvalue weighted by Crippen LogP contribution is 2.25. The molecule has 6 nitrogen and oxygen atoms in total. The SMILES string of the molecule is COc1ccc(NC(=O)CCC2CCCN(C(=O)c3scnc3C)C2)c(C)c1. The van der Waals surface area contributed by atoms with Gasteiger partial charge in [-0.1, -0.05) is 0 Å². The molecule has 28 heavy (non-hydrogen) atoms. The van der Waals surface area contributed by atoms with Gasteiger partial charge < -0.3 is 15.0 Å². The van der Waals surface area contributed by atoms with E-state index in [-0.39, 0.29) is 11.8 Å². The molecule has 1 atom stereocenters. The van der Waals surface area contributed by atoms with Crippen molar-refractivity contribution in [1.82, 2.24) is 9.88 Å². The zero-order valence-electron chi connectivity index (χ0n) is 16.7. The van der Waals surface area contributed by atoms with Crippen LogP contribution in [-0.2, 0) is 4.79 Å². The maximum atomic E-state index is 12.7. The molecule has 1 unspecified atom stereocenters. The predicted octanol–water partition coefficient (Wildman–Crippen LogP) is 4.04. The van der Waals surface area contributed by atoms with Gasteiger partial charge in [0.1, 0.15) is 10.6 Å². The Morgan fingerprint density at radius 1 is 1.36 bits per heavy atom. The lowest BCUT2D eigenvalue weighted by atomic mass is 9.93. The van der Waals surface area contributed by atoms with Crippen LogP contribution in [0.5, 0.6) is 5.75 Å². The molecule has 1 fully saturated rings. The van der Waals surface area contributed by atoms with Gasteiger partial charge in [-0.25, -0.2) is 4.98 Å². The Morgan fingerprint density at radius 3 is 2.86 bits per heavy atom. The Bertz CT molecular complexity index is 849. The molecular formula is C21H27N3O3S. The molecule has 7 heteroatoms. The minimum atomic E-state index is 0.00928. The lowest BCUT2D eigenvalue weighted by molar-refractivity contribution is -0.116. The number of ether oxygens (including phenoxy) is 1. The number of rotatable bonds is 6. The summed E-state index contributed by atoms with van der Waals surface area (Å²) in [7, 11) is 1.63. The molecule has 0 aliphatic carbocycles. The highest BCUT2D eigenvalue weighted by atomic mass is 32.1. The minimum Gasteiger partial charge on any atom is -0.497 e. The Labute approximate surface area is 169 Å². The van der Waals surface area contributed by atoms with Crippen molar-refractivity contribution < 1.29 is 14.3 Å². The van der Waals surface area contributed by atoms with E-state index in [2.05, 4.69) is 10.3 Å². The lowest BCUT2D eigenvalue weighted by Gasteiger charge is -2.32. The number of nitrogens with zero attached hydrogens (tertiary/aromatic N) is 2. The van der Waals surface area contributed by atoms with E-state index < -0.39 is 0 Å². The Kier molecular flexibility index (Phi) is 6.67. The highest BCUT2D eigenvalue weighted by Gasteiger charge is 2.26. The molecule has 1 aliphatic rings. The standard InChI is InChI=1S/C21H27N3O3S/c1-14-11-17(27-3)7-8-18(14)23-19(25)9-6-16-5-4-10-24(12-16)21(26)20-15(2)22-13-28-20/h7-8,11,13,16H,4-6,9-10,12H2,1-3H3,(H,23,25). The number of benzene rings is 1. The van der Waals surface area contributed by atoms with E-state index in [1.54, 1.807) is 12.6 Å². The molecule has 150 valence electrons. The molecule has 1 aromatic carbocycles. The first kappa shape index (κ1) is 20.3. The van der Waals surface area contributed by atoms with E-state index in [1.807, 2.05) is 36.9 Å². The summed E-state index contributed by atoms with van der Waals surface area (Å²) in [6, 6.07) is 5.61. The number of carbonyl (C=O) groups is 2. The molecular weight excluding hydrogens is 374 g/mol. The summed E-state index contributed by atoms with van der Waals surface area (Å²) in [6.07, 6.45) is 3.28. The van der Waals surface area contributed by atoms with E-state index in [0.29, 0.717) is 18.9 Å². The summed E-state index contributed by atoms with van der Waals surface area (Å²) in [5.74, 6) is 1.21. The second-order valence-corrected chi connectivity index (χ2v) is 8.15. The normalized spacial score (nSPS) is 16.7. The number of thiazole rings is 1. The molecule has 2 aromatic rings. The number of nitrogens with one attached hydrogen (secondary N) is 1. The number of amides is 2. The number of hydrogen-bond donors (Lipinski definition) is 1. The average molecular weight is 402 g/mol. The van der Waals surface area contributed by atoms with Crippen LogP contribution in [0.1, 0.15) is 46.6 Å². The fourth-order valence-electron chi connectivity index (χ4n) is 3.59. The summed E-state index contributed by atoms with van der Waals surface area (Å²) in [5.41, 5.74) is 4.30. The van der Waals surface area contributed by atoms with Gasteiger partial charge in [0.2, 0.25) is 5.91 Å². The first-order valence-corrected chi connectivity index (χ1v) is 10.5. The fraction of sp³-hybridized carbons (Fsp3) is 0.476. The molecule has 3 rings (SSSR count). The molecule has 0 saturated carbocycles. The number of aryl methyl sites for hydroxylation is 2. The third-order valence-corrected chi connectivity index (χ3v) is 6.15. The van der Waals surface area contributed by atoms with Crippen molar-refractivity contribution in [3.8, 4) is 5.75 Å². The van der Waals surface area contributed by atoms with Crippen LogP contribution in [0.15, 0.2) is 23.7 Å². The molecule has 1 saturated heterocycles. The van der Waals surface area contributed by atoms with Gasteiger partial charge in [0, 0.05) is 25.2 Å². The van der Waals surface area contributed by atoms with Crippen LogP contribution >= 0.6 is 11.3 Å². The van der Waals surface area contributed by atoms with E-state index in [9.17, 15) is 9.59 Å². The maximum absolute atomic E-state index is 12.7. The van der Waals surface area contributed by atoms with Crippen molar-refractivity contribution in [2.75, 3.05) is 25.5 Å². The van der Waals surface area contributed by atoms with E-state index in [4.69, 9.17) is 4.74 Å². The average Bonchev–Trinajstić information content (AvgIpc) is 3.13. The lowest BCUT2D eigenvalue weighted by Crippen LogP contribution is -2.40. The third-order valence-electron chi connectivity index (χ3n) is 5.23. The van der Waals surface area contributed by atoms with Crippen LogP contribution in [0.2, 0.25) is 0 Å². The van der Waals surface area contributed by atoms with Crippen LogP contribution < -0.4 is 10.1 Å². The monoisotopic (exact) mass is 401 g/mol. The van der Waals surface area contributed by atoms with Crippen molar-refractivity contribution in [2.45, 2.75) is 39.5 Å². The van der Waals surface area contributed by atoms with Gasteiger partial charge in [-0.3, -0.25) is 9.59 Å². The number of aromatic nitrogens is 1. The van der Waals surface area contributed by atoms with Crippen molar-refractivity contribution in [2.24, 2.45) is 5.92 Å². The van der Waals surface area contributed by atoms with Gasteiger partial charge in [-0.05, 0) is 62.8 Å². The van der Waals surface area contributed by atoms with Gasteiger partial charge in [-0.2, -0.15) is 0 Å². The van der Waals surface area contributed by atoms with Crippen LogP contribution in [0.25, 0.3) is 0 Å². The van der Waals surface area contributed by atoms with Crippen LogP contribution in [0, 0.1) is 19.8 Å². The summed E-state index contributed by atoms with van der Waals surface area (Å²) in [6.45, 7) is 5.32. The number of anilines is 1. The molecule has 1 N–H and O–H groups in total.